The third-order valence-electron chi connectivity index (χ3n) is 2.99. The van der Waals surface area contributed by atoms with Crippen LogP contribution in [0.4, 0.5) is 17.2 Å². The first-order valence-corrected chi connectivity index (χ1v) is 6.19. The van der Waals surface area contributed by atoms with Gasteiger partial charge in [-0.15, -0.1) is 0 Å². The summed E-state index contributed by atoms with van der Waals surface area (Å²) in [5.41, 5.74) is 8.57. The summed E-state index contributed by atoms with van der Waals surface area (Å²) in [6.45, 7) is 0. The van der Waals surface area contributed by atoms with Gasteiger partial charge in [-0.25, -0.2) is 4.98 Å². The number of nitriles is 1. The van der Waals surface area contributed by atoms with Crippen molar-refractivity contribution in [1.82, 2.24) is 4.98 Å². The maximum Gasteiger partial charge on any atom is 0.149 e. The molecule has 0 saturated carbocycles. The van der Waals surface area contributed by atoms with E-state index >= 15 is 0 Å². The Labute approximate surface area is 116 Å². The lowest BCUT2D eigenvalue weighted by molar-refractivity contribution is 1.34. The van der Waals surface area contributed by atoms with Crippen LogP contribution in [0.5, 0.6) is 0 Å². The smallest absolute Gasteiger partial charge is 0.149 e. The second-order valence-corrected chi connectivity index (χ2v) is 4.44. The van der Waals surface area contributed by atoms with Gasteiger partial charge in [-0.05, 0) is 30.3 Å². The average molecular weight is 260 g/mol. The number of nitrogen functional groups attached to an aromatic ring is 1. The third kappa shape index (κ3) is 2.25. The number of pyridine rings is 1. The molecule has 4 nitrogen and oxygen atoms in total. The first-order chi connectivity index (χ1) is 9.76. The molecule has 1 aromatic heterocycles. The highest BCUT2D eigenvalue weighted by atomic mass is 15.0. The van der Waals surface area contributed by atoms with Crippen molar-refractivity contribution < 1.29 is 0 Å². The van der Waals surface area contributed by atoms with Crippen LogP contribution in [0.15, 0.2) is 54.6 Å². The van der Waals surface area contributed by atoms with Crippen LogP contribution in [0.3, 0.4) is 0 Å². The zero-order valence-electron chi connectivity index (χ0n) is 10.7. The number of hydrogen-bond acceptors (Lipinski definition) is 4. The first-order valence-electron chi connectivity index (χ1n) is 6.19. The van der Waals surface area contributed by atoms with Crippen LogP contribution < -0.4 is 11.1 Å². The number of nitrogens with two attached hydrogens (primary N) is 1. The van der Waals surface area contributed by atoms with E-state index in [1.165, 1.54) is 0 Å². The topological polar surface area (TPSA) is 74.7 Å². The molecule has 0 amide bonds. The predicted molar refractivity (Wildman–Crippen MR) is 80.6 cm³/mol. The molecule has 0 spiro atoms. The molecular formula is C16H12N4. The van der Waals surface area contributed by atoms with Gasteiger partial charge in [0.2, 0.25) is 0 Å². The molecule has 0 saturated heterocycles. The van der Waals surface area contributed by atoms with E-state index in [0.717, 1.165) is 16.6 Å². The standard InChI is InChI=1S/C16H12N4/c17-10-12-8-11-4-1-2-7-15(11)20-16(12)19-14-6-3-5-13(18)9-14/h1-9H,18H2,(H,19,20). The van der Waals surface area contributed by atoms with E-state index in [-0.39, 0.29) is 0 Å². The molecule has 3 rings (SSSR count). The summed E-state index contributed by atoms with van der Waals surface area (Å²) < 4.78 is 0. The largest absolute Gasteiger partial charge is 0.399 e. The SMILES string of the molecule is N#Cc1cc2ccccc2nc1Nc1cccc(N)c1. The zero-order valence-corrected chi connectivity index (χ0v) is 10.7. The summed E-state index contributed by atoms with van der Waals surface area (Å²) in [5, 5.41) is 13.3. The minimum Gasteiger partial charge on any atom is -0.399 e. The van der Waals surface area contributed by atoms with E-state index in [4.69, 9.17) is 5.73 Å². The fourth-order valence-electron chi connectivity index (χ4n) is 2.05. The third-order valence-corrected chi connectivity index (χ3v) is 2.99. The van der Waals surface area contributed by atoms with Gasteiger partial charge in [-0.2, -0.15) is 5.26 Å². The van der Waals surface area contributed by atoms with Crippen molar-refractivity contribution in [1.29, 1.82) is 5.26 Å². The number of para-hydroxylation sites is 1. The van der Waals surface area contributed by atoms with Crippen molar-refractivity contribution in [2.45, 2.75) is 0 Å². The number of hydrogen-bond donors (Lipinski definition) is 2. The molecule has 20 heavy (non-hydrogen) atoms. The highest BCUT2D eigenvalue weighted by Crippen LogP contribution is 2.23. The van der Waals surface area contributed by atoms with Crippen LogP contribution >= 0.6 is 0 Å². The van der Waals surface area contributed by atoms with Crippen LogP contribution in [0, 0.1) is 11.3 Å². The number of aromatic nitrogens is 1. The quantitative estimate of drug-likeness (QED) is 0.692. The number of rotatable bonds is 2. The molecule has 0 bridgehead atoms. The van der Waals surface area contributed by atoms with Crippen molar-refractivity contribution in [3.05, 3.63) is 60.2 Å². The van der Waals surface area contributed by atoms with E-state index in [1.54, 1.807) is 6.07 Å². The lowest BCUT2D eigenvalue weighted by Gasteiger charge is -2.09. The molecular weight excluding hydrogens is 248 g/mol. The van der Waals surface area contributed by atoms with Crippen molar-refractivity contribution >= 4 is 28.1 Å². The maximum absolute atomic E-state index is 9.26. The summed E-state index contributed by atoms with van der Waals surface area (Å²) >= 11 is 0. The van der Waals surface area contributed by atoms with Crippen LogP contribution in [0.1, 0.15) is 5.56 Å². The molecule has 3 N–H and O–H groups in total. The summed E-state index contributed by atoms with van der Waals surface area (Å²) in [7, 11) is 0. The second-order valence-electron chi connectivity index (χ2n) is 4.44. The van der Waals surface area contributed by atoms with Gasteiger partial charge in [0, 0.05) is 16.8 Å². The molecule has 96 valence electrons. The van der Waals surface area contributed by atoms with Crippen LogP contribution in [-0.2, 0) is 0 Å². The molecule has 0 aliphatic carbocycles. The maximum atomic E-state index is 9.26. The van der Waals surface area contributed by atoms with Crippen LogP contribution in [-0.4, -0.2) is 4.98 Å². The first kappa shape index (κ1) is 12.0. The molecule has 0 fully saturated rings. The van der Waals surface area contributed by atoms with E-state index in [9.17, 15) is 5.26 Å². The normalized spacial score (nSPS) is 10.2. The Bertz CT molecular complexity index is 818. The Kier molecular flexibility index (Phi) is 2.94. The highest BCUT2D eigenvalue weighted by molar-refractivity contribution is 5.83. The molecule has 0 atom stereocenters. The van der Waals surface area contributed by atoms with Crippen molar-refractivity contribution in [3.8, 4) is 6.07 Å². The van der Waals surface area contributed by atoms with E-state index in [1.807, 2.05) is 48.5 Å². The van der Waals surface area contributed by atoms with E-state index in [2.05, 4.69) is 16.4 Å². The van der Waals surface area contributed by atoms with Gasteiger partial charge in [0.05, 0.1) is 11.1 Å². The Balaban J connectivity index is 2.08. The molecule has 0 aliphatic rings. The minimum absolute atomic E-state index is 0.506. The van der Waals surface area contributed by atoms with Crippen molar-refractivity contribution in [2.24, 2.45) is 0 Å². The fraction of sp³-hybridized carbons (Fsp3) is 0. The Morgan fingerprint density at radius 2 is 1.90 bits per heavy atom. The number of anilines is 3. The van der Waals surface area contributed by atoms with Crippen molar-refractivity contribution in [3.63, 3.8) is 0 Å². The summed E-state index contributed by atoms with van der Waals surface area (Å²) in [6, 6.07) is 19.0. The van der Waals surface area contributed by atoms with E-state index in [0.29, 0.717) is 17.1 Å². The molecule has 4 heteroatoms. The summed E-state index contributed by atoms with van der Waals surface area (Å²) in [6.07, 6.45) is 0. The average Bonchev–Trinajstić information content (AvgIpc) is 2.46. The van der Waals surface area contributed by atoms with Gasteiger partial charge in [-0.3, -0.25) is 0 Å². The van der Waals surface area contributed by atoms with Crippen LogP contribution in [0.2, 0.25) is 0 Å². The molecule has 0 aliphatic heterocycles. The highest BCUT2D eigenvalue weighted by Gasteiger charge is 2.06. The minimum atomic E-state index is 0.506. The molecule has 0 radical (unpaired) electrons. The number of nitrogens with zero attached hydrogens (tertiary/aromatic N) is 2. The second kappa shape index (κ2) is 4.90. The number of fused-ring (bicyclic) bond motifs is 1. The molecule has 0 unspecified atom stereocenters. The van der Waals surface area contributed by atoms with Gasteiger partial charge < -0.3 is 11.1 Å². The Morgan fingerprint density at radius 3 is 2.70 bits per heavy atom. The van der Waals surface area contributed by atoms with E-state index < -0.39 is 0 Å². The molecule has 3 aromatic rings. The van der Waals surface area contributed by atoms with Gasteiger partial charge in [-0.1, -0.05) is 24.3 Å². The lowest BCUT2D eigenvalue weighted by atomic mass is 10.1. The molecule has 2 aromatic carbocycles. The monoisotopic (exact) mass is 260 g/mol. The zero-order chi connectivity index (χ0) is 13.9. The lowest BCUT2D eigenvalue weighted by Crippen LogP contribution is -1.98. The number of nitrogens with one attached hydrogen (secondary N) is 1. The van der Waals surface area contributed by atoms with Gasteiger partial charge in [0.15, 0.2) is 0 Å². The summed E-state index contributed by atoms with van der Waals surface area (Å²) in [5.74, 6) is 0.539. The van der Waals surface area contributed by atoms with Crippen LogP contribution in [0.25, 0.3) is 10.9 Å². The van der Waals surface area contributed by atoms with Gasteiger partial charge in [0.1, 0.15) is 11.9 Å². The molecule has 1 heterocycles. The Hall–Kier alpha value is -3.06. The summed E-state index contributed by atoms with van der Waals surface area (Å²) in [4.78, 5) is 4.50. The van der Waals surface area contributed by atoms with Gasteiger partial charge in [0.25, 0.3) is 0 Å². The Morgan fingerprint density at radius 1 is 1.05 bits per heavy atom. The fourth-order valence-corrected chi connectivity index (χ4v) is 2.05. The van der Waals surface area contributed by atoms with Gasteiger partial charge >= 0.3 is 0 Å². The predicted octanol–water partition coefficient (Wildman–Crippen LogP) is 3.43. The van der Waals surface area contributed by atoms with Crippen molar-refractivity contribution in [2.75, 3.05) is 11.1 Å². The number of benzene rings is 2.